The molecule has 2 heterocycles. The zero-order valence-electron chi connectivity index (χ0n) is 20.9. The van der Waals surface area contributed by atoms with Gasteiger partial charge in [-0.25, -0.2) is 0 Å². The van der Waals surface area contributed by atoms with Gasteiger partial charge >= 0.3 is 0 Å². The maximum Gasteiger partial charge on any atom is 0.274 e. The predicted octanol–water partition coefficient (Wildman–Crippen LogP) is 6.93. The zero-order valence-corrected chi connectivity index (χ0v) is 21.6. The van der Waals surface area contributed by atoms with E-state index in [4.69, 9.17) is 17.0 Å². The molecule has 0 fully saturated rings. The van der Waals surface area contributed by atoms with Gasteiger partial charge < -0.3 is 9.88 Å². The molecule has 0 radical (unpaired) electrons. The normalized spacial score (nSPS) is 11.0. The first kappa shape index (κ1) is 24.4. The van der Waals surface area contributed by atoms with E-state index in [-0.39, 0.29) is 5.91 Å². The van der Waals surface area contributed by atoms with Crippen molar-refractivity contribution < 1.29 is 4.79 Å². The van der Waals surface area contributed by atoms with Gasteiger partial charge in [-0.1, -0.05) is 78.3 Å². The minimum atomic E-state index is -0.264. The quantitative estimate of drug-likeness (QED) is 0.245. The van der Waals surface area contributed by atoms with E-state index < -0.39 is 0 Å². The molecule has 0 aliphatic rings. The summed E-state index contributed by atoms with van der Waals surface area (Å²) in [5.41, 5.74) is 6.97. The van der Waals surface area contributed by atoms with Crippen molar-refractivity contribution in [3.05, 3.63) is 143 Å². The molecule has 2 N–H and O–H groups in total. The highest BCUT2D eigenvalue weighted by Crippen LogP contribution is 2.29. The van der Waals surface area contributed by atoms with Crippen molar-refractivity contribution in [2.45, 2.75) is 6.54 Å². The highest BCUT2D eigenvalue weighted by atomic mass is 35.5. The van der Waals surface area contributed by atoms with Crippen LogP contribution in [0.1, 0.15) is 16.1 Å². The number of carbonyl (C=O) groups excluding carboxylic acids is 1. The van der Waals surface area contributed by atoms with Gasteiger partial charge in [-0.05, 0) is 59.7 Å². The minimum absolute atomic E-state index is 0.264. The molecule has 0 aliphatic heterocycles. The summed E-state index contributed by atoms with van der Waals surface area (Å²) in [6.45, 7) is 0.494. The number of fused-ring (bicyclic) bond motifs is 1. The molecule has 6 rings (SSSR count). The van der Waals surface area contributed by atoms with Gasteiger partial charge in [0.25, 0.3) is 5.91 Å². The lowest BCUT2D eigenvalue weighted by Gasteiger charge is -2.12. The number of carbonyl (C=O) groups is 1. The Hall–Kier alpha value is -4.94. The van der Waals surface area contributed by atoms with Gasteiger partial charge in [-0.3, -0.25) is 19.8 Å². The summed E-state index contributed by atoms with van der Waals surface area (Å²) < 4.78 is 3.90. The van der Waals surface area contributed by atoms with Crippen LogP contribution < -0.4 is 10.9 Å². The molecule has 1 amide bonds. The van der Waals surface area contributed by atoms with Crippen molar-refractivity contribution in [3.8, 4) is 16.8 Å². The molecule has 0 unspecified atom stereocenters. The smallest absolute Gasteiger partial charge is 0.274 e. The molecule has 0 atom stereocenters. The molecular weight excluding hydrogens is 506 g/mol. The molecular formula is C32H24ClN5O. The lowest BCUT2D eigenvalue weighted by Crippen LogP contribution is -2.24. The lowest BCUT2D eigenvalue weighted by atomic mass is 10.0. The van der Waals surface area contributed by atoms with Crippen LogP contribution in [0.2, 0.25) is 5.02 Å². The Morgan fingerprint density at radius 1 is 0.795 bits per heavy atom. The van der Waals surface area contributed by atoms with E-state index in [0.717, 1.165) is 33.4 Å². The van der Waals surface area contributed by atoms with Gasteiger partial charge in [0.05, 0.1) is 17.6 Å². The van der Waals surface area contributed by atoms with Crippen molar-refractivity contribution in [1.82, 2.24) is 14.1 Å². The van der Waals surface area contributed by atoms with Crippen LogP contribution in [0.15, 0.2) is 121 Å². The van der Waals surface area contributed by atoms with E-state index in [1.54, 1.807) is 24.4 Å². The van der Waals surface area contributed by atoms with Crippen LogP contribution in [0, 0.1) is 5.41 Å². The number of hydrogen-bond acceptors (Lipinski definition) is 3. The molecule has 0 saturated heterocycles. The van der Waals surface area contributed by atoms with E-state index in [2.05, 4.69) is 10.3 Å². The third kappa shape index (κ3) is 4.74. The maximum atomic E-state index is 12.7. The van der Waals surface area contributed by atoms with Crippen molar-refractivity contribution in [2.75, 3.05) is 5.32 Å². The van der Waals surface area contributed by atoms with Gasteiger partial charge in [-0.15, -0.1) is 0 Å². The number of rotatable bonds is 6. The molecule has 39 heavy (non-hydrogen) atoms. The number of hydrogen-bond donors (Lipinski definition) is 2. The first-order valence-electron chi connectivity index (χ1n) is 12.5. The predicted molar refractivity (Wildman–Crippen MR) is 155 cm³/mol. The SMILES string of the molecule is N=c1n(Cc2ccccc2Cl)c2ccccc2n1-c1ccc(-c2ccccc2NC(=O)c2ccccn2)cc1. The number of benzene rings is 4. The number of para-hydroxylation sites is 3. The summed E-state index contributed by atoms with van der Waals surface area (Å²) in [4.78, 5) is 16.9. The summed E-state index contributed by atoms with van der Waals surface area (Å²) in [7, 11) is 0. The van der Waals surface area contributed by atoms with Gasteiger partial charge in [0.1, 0.15) is 5.69 Å². The first-order valence-corrected chi connectivity index (χ1v) is 12.9. The van der Waals surface area contributed by atoms with Crippen molar-refractivity contribution in [2.24, 2.45) is 0 Å². The molecule has 0 spiro atoms. The van der Waals surface area contributed by atoms with Crippen LogP contribution >= 0.6 is 11.6 Å². The molecule has 0 aliphatic carbocycles. The number of nitrogens with one attached hydrogen (secondary N) is 2. The summed E-state index contributed by atoms with van der Waals surface area (Å²) in [6.07, 6.45) is 1.60. The summed E-state index contributed by atoms with van der Waals surface area (Å²) >= 11 is 6.45. The Balaban J connectivity index is 1.36. The van der Waals surface area contributed by atoms with Crippen molar-refractivity contribution in [1.29, 1.82) is 5.41 Å². The number of pyridine rings is 1. The Labute approximate surface area is 230 Å². The zero-order chi connectivity index (χ0) is 26.8. The fraction of sp³-hybridized carbons (Fsp3) is 0.0312. The highest BCUT2D eigenvalue weighted by Gasteiger charge is 2.15. The molecule has 2 aromatic heterocycles. The van der Waals surface area contributed by atoms with E-state index in [0.29, 0.717) is 28.6 Å². The molecule has 6 aromatic rings. The second-order valence-corrected chi connectivity index (χ2v) is 9.49. The molecule has 0 saturated carbocycles. The van der Waals surface area contributed by atoms with Crippen LogP contribution in [0.25, 0.3) is 27.8 Å². The van der Waals surface area contributed by atoms with Gasteiger partial charge in [0.2, 0.25) is 5.62 Å². The van der Waals surface area contributed by atoms with Crippen LogP contribution in [-0.4, -0.2) is 20.0 Å². The number of halogens is 1. The molecule has 7 heteroatoms. The second kappa shape index (κ2) is 10.4. The summed E-state index contributed by atoms with van der Waals surface area (Å²) in [6, 6.07) is 36.7. The Morgan fingerprint density at radius 2 is 1.49 bits per heavy atom. The van der Waals surface area contributed by atoms with E-state index >= 15 is 0 Å². The number of aromatic nitrogens is 3. The van der Waals surface area contributed by atoms with Gasteiger partial charge in [0, 0.05) is 28.2 Å². The number of imidazole rings is 1. The summed E-state index contributed by atoms with van der Waals surface area (Å²) in [5.74, 6) is -0.264. The van der Waals surface area contributed by atoms with Gasteiger partial charge in [-0.2, -0.15) is 0 Å². The third-order valence-corrected chi connectivity index (χ3v) is 7.05. The van der Waals surface area contributed by atoms with Gasteiger partial charge in [0.15, 0.2) is 0 Å². The third-order valence-electron chi connectivity index (χ3n) is 6.68. The molecule has 4 aromatic carbocycles. The second-order valence-electron chi connectivity index (χ2n) is 9.09. The minimum Gasteiger partial charge on any atom is -0.320 e. The van der Waals surface area contributed by atoms with E-state index in [1.807, 2.05) is 106 Å². The first-order chi connectivity index (χ1) is 19.1. The topological polar surface area (TPSA) is 75.7 Å². The number of nitrogens with zero attached hydrogens (tertiary/aromatic N) is 3. The fourth-order valence-electron chi connectivity index (χ4n) is 4.77. The van der Waals surface area contributed by atoms with Crippen molar-refractivity contribution in [3.63, 3.8) is 0 Å². The Kier molecular flexibility index (Phi) is 6.53. The summed E-state index contributed by atoms with van der Waals surface area (Å²) in [5, 5.41) is 12.7. The lowest BCUT2D eigenvalue weighted by molar-refractivity contribution is 0.102. The Bertz CT molecular complexity index is 1860. The standard InChI is InChI=1S/C32H24ClN5O/c33-26-11-3-1-9-23(26)21-37-29-14-5-6-15-30(29)38(32(37)34)24-18-16-22(17-19-24)25-10-2-4-12-27(25)36-31(39)28-13-7-8-20-35-28/h1-20,34H,21H2,(H,36,39). The molecule has 190 valence electrons. The van der Waals surface area contributed by atoms with Crippen LogP contribution in [0.3, 0.4) is 0 Å². The van der Waals surface area contributed by atoms with Crippen LogP contribution in [0.5, 0.6) is 0 Å². The van der Waals surface area contributed by atoms with Crippen molar-refractivity contribution >= 4 is 34.2 Å². The highest BCUT2D eigenvalue weighted by molar-refractivity contribution is 6.31. The average molecular weight is 530 g/mol. The molecule has 0 bridgehead atoms. The Morgan fingerprint density at radius 3 is 2.26 bits per heavy atom. The maximum absolute atomic E-state index is 12.7. The van der Waals surface area contributed by atoms with Crippen LogP contribution in [-0.2, 0) is 6.54 Å². The monoisotopic (exact) mass is 529 g/mol. The number of anilines is 1. The molecule has 6 nitrogen and oxygen atoms in total. The van der Waals surface area contributed by atoms with E-state index in [1.165, 1.54) is 0 Å². The van der Waals surface area contributed by atoms with E-state index in [9.17, 15) is 4.79 Å². The fourth-order valence-corrected chi connectivity index (χ4v) is 4.96. The average Bonchev–Trinajstić information content (AvgIpc) is 3.26. The number of amides is 1. The largest absolute Gasteiger partial charge is 0.320 e. The van der Waals surface area contributed by atoms with Crippen LogP contribution in [0.4, 0.5) is 5.69 Å².